The van der Waals surface area contributed by atoms with Crippen molar-refractivity contribution in [3.05, 3.63) is 47.5 Å². The lowest BCUT2D eigenvalue weighted by atomic mass is 9.31. The van der Waals surface area contributed by atoms with Gasteiger partial charge in [-0.2, -0.15) is 0 Å². The Kier molecular flexibility index (Phi) is 6.34. The normalized spacial score (nSPS) is 48.5. The third-order valence-corrected chi connectivity index (χ3v) is 14.7. The summed E-state index contributed by atoms with van der Waals surface area (Å²) in [5.74, 6) is 3.59. The smallest absolute Gasteiger partial charge is 0.338 e. The lowest BCUT2D eigenvalue weighted by Gasteiger charge is -2.73. The van der Waals surface area contributed by atoms with Crippen LogP contribution in [0.5, 0.6) is 0 Å². The molecule has 214 valence electrons. The van der Waals surface area contributed by atoms with Gasteiger partial charge in [0.2, 0.25) is 0 Å². The highest BCUT2D eigenvalue weighted by Gasteiger charge is 2.69. The number of hydrogen-bond acceptors (Lipinski definition) is 2. The van der Waals surface area contributed by atoms with Crippen molar-refractivity contribution in [1.82, 2.24) is 0 Å². The second kappa shape index (κ2) is 8.96. The molecule has 4 saturated carbocycles. The molecule has 0 radical (unpaired) electrons. The Labute approximate surface area is 238 Å². The zero-order valence-electron chi connectivity index (χ0n) is 26.1. The van der Waals surface area contributed by atoms with Gasteiger partial charge in [0, 0.05) is 5.41 Å². The predicted octanol–water partition coefficient (Wildman–Crippen LogP) is 9.89. The van der Waals surface area contributed by atoms with Crippen LogP contribution in [0, 0.1) is 56.7 Å². The van der Waals surface area contributed by atoms with Crippen LogP contribution in [0.4, 0.5) is 0 Å². The van der Waals surface area contributed by atoms with Crippen molar-refractivity contribution in [3.8, 4) is 0 Å². The van der Waals surface area contributed by atoms with E-state index in [2.05, 4.69) is 61.5 Å². The molecule has 1 aromatic carbocycles. The molecular formula is C37H54O2. The maximum absolute atomic E-state index is 13.1. The summed E-state index contributed by atoms with van der Waals surface area (Å²) < 4.78 is 6.30. The number of ether oxygens (including phenoxy) is 1. The van der Waals surface area contributed by atoms with E-state index >= 15 is 0 Å². The summed E-state index contributed by atoms with van der Waals surface area (Å²) in [4.78, 5) is 13.1. The molecule has 10 atom stereocenters. The van der Waals surface area contributed by atoms with Crippen LogP contribution in [0.3, 0.4) is 0 Å². The van der Waals surface area contributed by atoms with Gasteiger partial charge in [0.1, 0.15) is 6.10 Å². The van der Waals surface area contributed by atoms with Gasteiger partial charge in [-0.15, -0.1) is 0 Å². The van der Waals surface area contributed by atoms with Gasteiger partial charge in [-0.05, 0) is 128 Å². The maximum atomic E-state index is 13.1. The lowest BCUT2D eigenvalue weighted by molar-refractivity contribution is -0.250. The number of carbonyl (C=O) groups is 1. The summed E-state index contributed by atoms with van der Waals surface area (Å²) in [5, 5.41) is 0. The van der Waals surface area contributed by atoms with Crippen molar-refractivity contribution in [2.45, 2.75) is 119 Å². The van der Waals surface area contributed by atoms with E-state index in [9.17, 15) is 4.79 Å². The first kappa shape index (κ1) is 27.6. The molecule has 0 spiro atoms. The number of benzene rings is 1. The van der Waals surface area contributed by atoms with Crippen molar-refractivity contribution in [2.24, 2.45) is 56.7 Å². The third-order valence-electron chi connectivity index (χ3n) is 14.7. The zero-order chi connectivity index (χ0) is 28.0. The lowest BCUT2D eigenvalue weighted by Crippen LogP contribution is -2.67. The Morgan fingerprint density at radius 3 is 2.26 bits per heavy atom. The van der Waals surface area contributed by atoms with Gasteiger partial charge in [0.25, 0.3) is 0 Å². The van der Waals surface area contributed by atoms with Crippen molar-refractivity contribution >= 4 is 5.97 Å². The summed E-state index contributed by atoms with van der Waals surface area (Å²) >= 11 is 0. The van der Waals surface area contributed by atoms with Crippen LogP contribution in [-0.4, -0.2) is 12.1 Å². The standard InChI is InChI=1S/C37H54O2/c1-24-16-19-34(5)22-23-36(7)27(31(34)25(24)2)14-15-29-35(6)20-18-30(39-32(38)26-12-10-9-11-13-26)33(3,4)28(35)17-21-37(29,36)8/h9-13,16,25,27-31H,14-15,17-23H2,1-8H3/t25-,27-,28-,29-,30+,31+,34+,35+,36-,37-/m1/s1. The van der Waals surface area contributed by atoms with E-state index in [-0.39, 0.29) is 17.5 Å². The Morgan fingerprint density at radius 1 is 0.821 bits per heavy atom. The highest BCUT2D eigenvalue weighted by molar-refractivity contribution is 5.89. The minimum Gasteiger partial charge on any atom is -0.458 e. The van der Waals surface area contributed by atoms with Gasteiger partial charge < -0.3 is 4.74 Å². The van der Waals surface area contributed by atoms with E-state index in [1.165, 1.54) is 51.4 Å². The molecule has 5 aliphatic rings. The molecular weight excluding hydrogens is 476 g/mol. The van der Waals surface area contributed by atoms with Gasteiger partial charge in [0.05, 0.1) is 5.56 Å². The van der Waals surface area contributed by atoms with Crippen LogP contribution >= 0.6 is 0 Å². The van der Waals surface area contributed by atoms with Crippen LogP contribution in [0.2, 0.25) is 0 Å². The van der Waals surface area contributed by atoms with Crippen molar-refractivity contribution in [1.29, 1.82) is 0 Å². The molecule has 1 aromatic rings. The predicted molar refractivity (Wildman–Crippen MR) is 160 cm³/mol. The van der Waals surface area contributed by atoms with Gasteiger partial charge in [-0.1, -0.05) is 78.3 Å². The second-order valence-corrected chi connectivity index (χ2v) is 16.4. The average Bonchev–Trinajstić information content (AvgIpc) is 2.89. The number of allylic oxidation sites excluding steroid dienone is 2. The molecule has 0 aliphatic heterocycles. The molecule has 0 unspecified atom stereocenters. The molecule has 2 nitrogen and oxygen atoms in total. The summed E-state index contributed by atoms with van der Waals surface area (Å²) in [6.45, 7) is 20.5. The molecule has 2 heteroatoms. The molecule has 0 bridgehead atoms. The maximum Gasteiger partial charge on any atom is 0.338 e. The van der Waals surface area contributed by atoms with E-state index in [4.69, 9.17) is 4.74 Å². The first-order valence-corrected chi connectivity index (χ1v) is 16.2. The molecule has 0 saturated heterocycles. The second-order valence-electron chi connectivity index (χ2n) is 16.4. The Balaban J connectivity index is 1.28. The number of rotatable bonds is 2. The van der Waals surface area contributed by atoms with Crippen LogP contribution in [-0.2, 0) is 4.74 Å². The Morgan fingerprint density at radius 2 is 1.54 bits per heavy atom. The van der Waals surface area contributed by atoms with Crippen LogP contribution in [0.15, 0.2) is 42.0 Å². The summed E-state index contributed by atoms with van der Waals surface area (Å²) in [6.07, 6.45) is 14.2. The quantitative estimate of drug-likeness (QED) is 0.281. The van der Waals surface area contributed by atoms with E-state index < -0.39 is 0 Å². The van der Waals surface area contributed by atoms with E-state index in [0.29, 0.717) is 39.1 Å². The van der Waals surface area contributed by atoms with Gasteiger partial charge in [0.15, 0.2) is 0 Å². The minimum absolute atomic E-state index is 0.00666. The molecule has 0 heterocycles. The third kappa shape index (κ3) is 3.74. The fourth-order valence-corrected chi connectivity index (χ4v) is 12.2. The first-order chi connectivity index (χ1) is 18.3. The SMILES string of the molecule is CC1=CC[C@@]2(C)CC[C@]3(C)[C@H](CC[C@@H]4[C@@]5(C)CC[C@H](OC(=O)c6ccccc6)C(C)(C)[C@H]5CC[C@]43C)[C@@H]2[C@@H]1C. The monoisotopic (exact) mass is 530 g/mol. The summed E-state index contributed by atoms with van der Waals surface area (Å²) in [5.41, 5.74) is 3.92. The van der Waals surface area contributed by atoms with Crippen molar-refractivity contribution in [2.75, 3.05) is 0 Å². The molecule has 0 amide bonds. The highest BCUT2D eigenvalue weighted by Crippen LogP contribution is 2.76. The van der Waals surface area contributed by atoms with Gasteiger partial charge >= 0.3 is 5.97 Å². The van der Waals surface area contributed by atoms with E-state index in [1.54, 1.807) is 5.57 Å². The highest BCUT2D eigenvalue weighted by atomic mass is 16.5. The van der Waals surface area contributed by atoms with Crippen LogP contribution in [0.1, 0.15) is 124 Å². The van der Waals surface area contributed by atoms with Crippen molar-refractivity contribution < 1.29 is 9.53 Å². The molecule has 4 fully saturated rings. The average molecular weight is 531 g/mol. The topological polar surface area (TPSA) is 26.3 Å². The number of carbonyl (C=O) groups excluding carboxylic acids is 1. The van der Waals surface area contributed by atoms with Crippen LogP contribution < -0.4 is 0 Å². The van der Waals surface area contributed by atoms with Gasteiger partial charge in [-0.3, -0.25) is 0 Å². The Bertz CT molecular complexity index is 1150. The molecule has 0 N–H and O–H groups in total. The summed E-state index contributed by atoms with van der Waals surface area (Å²) in [7, 11) is 0. The molecule has 0 aromatic heterocycles. The van der Waals surface area contributed by atoms with Crippen LogP contribution in [0.25, 0.3) is 0 Å². The number of fused-ring (bicyclic) bond motifs is 7. The largest absolute Gasteiger partial charge is 0.458 e. The first-order valence-electron chi connectivity index (χ1n) is 16.2. The van der Waals surface area contributed by atoms with E-state index in [0.717, 1.165) is 24.2 Å². The molecule has 5 aliphatic carbocycles. The zero-order valence-corrected chi connectivity index (χ0v) is 26.1. The fourth-order valence-electron chi connectivity index (χ4n) is 12.2. The molecule has 39 heavy (non-hydrogen) atoms. The van der Waals surface area contributed by atoms with E-state index in [1.807, 2.05) is 30.3 Å². The minimum atomic E-state index is -0.151. The Hall–Kier alpha value is -1.57. The number of hydrogen-bond donors (Lipinski definition) is 0. The summed E-state index contributed by atoms with van der Waals surface area (Å²) in [6, 6.07) is 9.58. The fraction of sp³-hybridized carbons (Fsp3) is 0.757. The molecule has 6 rings (SSSR count). The van der Waals surface area contributed by atoms with Crippen molar-refractivity contribution in [3.63, 3.8) is 0 Å². The van der Waals surface area contributed by atoms with Gasteiger partial charge in [-0.25, -0.2) is 4.79 Å². The number of esters is 1.